The Hall–Kier alpha value is -2.18. The summed E-state index contributed by atoms with van der Waals surface area (Å²) in [6, 6.07) is 3.37. The van der Waals surface area contributed by atoms with Crippen molar-refractivity contribution in [3.8, 4) is 0 Å². The largest absolute Gasteiger partial charge is 0.297 e. The maximum atomic E-state index is 13.4. The summed E-state index contributed by atoms with van der Waals surface area (Å²) in [5.74, 6) is -2.43. The molecule has 4 rings (SSSR count). The number of benzene rings is 1. The third-order valence-corrected chi connectivity index (χ3v) is 5.99. The highest BCUT2D eigenvalue weighted by Gasteiger charge is 2.64. The lowest BCUT2D eigenvalue weighted by atomic mass is 9.80. The molecule has 0 unspecified atom stereocenters. The Bertz CT molecular complexity index is 951. The Morgan fingerprint density at radius 3 is 2.43 bits per heavy atom. The van der Waals surface area contributed by atoms with Crippen LogP contribution >= 0.6 is 23.2 Å². The first kappa shape index (κ1) is 19.2. The number of halogens is 2. The van der Waals surface area contributed by atoms with Crippen molar-refractivity contribution in [3.63, 3.8) is 0 Å². The molecule has 0 bridgehead atoms. The molecule has 2 amide bonds. The van der Waals surface area contributed by atoms with Crippen LogP contribution in [-0.2, 0) is 14.4 Å². The van der Waals surface area contributed by atoms with E-state index in [4.69, 9.17) is 23.2 Å². The minimum absolute atomic E-state index is 0.123. The highest BCUT2D eigenvalue weighted by Crippen LogP contribution is 2.48. The number of carbonyl (C=O) groups excluding carboxylic acids is 3. The molecule has 0 N–H and O–H groups in total. The van der Waals surface area contributed by atoms with Gasteiger partial charge in [0.2, 0.25) is 11.8 Å². The molecule has 28 heavy (non-hydrogen) atoms. The second kappa shape index (κ2) is 6.42. The van der Waals surface area contributed by atoms with Crippen LogP contribution < -0.4 is 4.90 Å². The molecule has 0 aliphatic carbocycles. The van der Waals surface area contributed by atoms with E-state index in [1.165, 1.54) is 6.07 Å². The van der Waals surface area contributed by atoms with Gasteiger partial charge in [-0.2, -0.15) is 5.10 Å². The van der Waals surface area contributed by atoms with Gasteiger partial charge in [0.1, 0.15) is 6.04 Å². The summed E-state index contributed by atoms with van der Waals surface area (Å²) in [6.07, 6.45) is 5.12. The molecule has 146 valence electrons. The van der Waals surface area contributed by atoms with Gasteiger partial charge in [0, 0.05) is 16.7 Å². The monoisotopic (exact) mass is 419 g/mol. The minimum atomic E-state index is -0.809. The van der Waals surface area contributed by atoms with Crippen LogP contribution in [0, 0.1) is 17.3 Å². The van der Waals surface area contributed by atoms with Gasteiger partial charge in [-0.15, -0.1) is 0 Å². The van der Waals surface area contributed by atoms with Crippen molar-refractivity contribution in [1.82, 2.24) is 5.01 Å². The van der Waals surface area contributed by atoms with Gasteiger partial charge in [0.05, 0.1) is 28.6 Å². The highest BCUT2D eigenvalue weighted by molar-refractivity contribution is 6.38. The molecule has 1 aromatic rings. The number of hydrazone groups is 1. The Morgan fingerprint density at radius 1 is 1.11 bits per heavy atom. The van der Waals surface area contributed by atoms with Crippen molar-refractivity contribution in [1.29, 1.82) is 0 Å². The quantitative estimate of drug-likeness (QED) is 0.689. The van der Waals surface area contributed by atoms with E-state index in [0.29, 0.717) is 5.02 Å². The van der Waals surface area contributed by atoms with Crippen LogP contribution in [-0.4, -0.2) is 40.9 Å². The predicted octanol–water partition coefficient (Wildman–Crippen LogP) is 3.32. The average Bonchev–Trinajstić information content (AvgIpc) is 3.08. The van der Waals surface area contributed by atoms with E-state index in [1.807, 2.05) is 6.08 Å². The van der Waals surface area contributed by atoms with Crippen molar-refractivity contribution in [2.45, 2.75) is 32.9 Å². The van der Waals surface area contributed by atoms with Gasteiger partial charge in [-0.05, 0) is 24.3 Å². The second-order valence-corrected chi connectivity index (χ2v) is 9.08. The molecule has 4 atom stereocenters. The molecule has 3 aliphatic rings. The van der Waals surface area contributed by atoms with Crippen molar-refractivity contribution in [2.75, 3.05) is 4.90 Å². The van der Waals surface area contributed by atoms with E-state index in [0.717, 1.165) is 4.90 Å². The third-order valence-electron chi connectivity index (χ3n) is 5.45. The number of carbonyl (C=O) groups is 3. The summed E-state index contributed by atoms with van der Waals surface area (Å²) >= 11 is 12.2. The first-order chi connectivity index (χ1) is 13.1. The van der Waals surface area contributed by atoms with Crippen LogP contribution in [0.3, 0.4) is 0 Å². The van der Waals surface area contributed by atoms with E-state index in [2.05, 4.69) is 5.10 Å². The van der Waals surface area contributed by atoms with Crippen LogP contribution in [0.25, 0.3) is 0 Å². The van der Waals surface area contributed by atoms with E-state index in [1.54, 1.807) is 50.2 Å². The molecule has 0 saturated carbocycles. The number of allylic oxidation sites excluding steroid dienone is 1. The van der Waals surface area contributed by atoms with Gasteiger partial charge in [0.25, 0.3) is 0 Å². The second-order valence-electron chi connectivity index (χ2n) is 8.24. The summed E-state index contributed by atoms with van der Waals surface area (Å²) in [5.41, 5.74) is -0.401. The van der Waals surface area contributed by atoms with E-state index >= 15 is 0 Å². The maximum absolute atomic E-state index is 13.4. The molecule has 2 fully saturated rings. The van der Waals surface area contributed by atoms with Crippen molar-refractivity contribution in [2.24, 2.45) is 22.4 Å². The fraction of sp³-hybridized carbons (Fsp3) is 0.400. The van der Waals surface area contributed by atoms with Crippen LogP contribution in [0.15, 0.2) is 35.5 Å². The topological polar surface area (TPSA) is 70.0 Å². The molecule has 0 aromatic heterocycles. The first-order valence-corrected chi connectivity index (χ1v) is 9.75. The summed E-state index contributed by atoms with van der Waals surface area (Å²) in [4.78, 5) is 41.0. The summed E-state index contributed by atoms with van der Waals surface area (Å²) in [5, 5.41) is 6.55. The number of anilines is 1. The Labute approximate surface area is 172 Å². The van der Waals surface area contributed by atoms with Gasteiger partial charge in [-0.3, -0.25) is 19.4 Å². The minimum Gasteiger partial charge on any atom is -0.297 e. The number of imide groups is 1. The number of nitrogens with zero attached hydrogens (tertiary/aromatic N) is 3. The van der Waals surface area contributed by atoms with Gasteiger partial charge in [-0.25, -0.2) is 4.90 Å². The third kappa shape index (κ3) is 2.70. The molecule has 3 aliphatic heterocycles. The van der Waals surface area contributed by atoms with Crippen molar-refractivity contribution < 1.29 is 14.4 Å². The molecule has 8 heteroatoms. The molecule has 0 spiro atoms. The zero-order valence-electron chi connectivity index (χ0n) is 15.6. The summed E-state index contributed by atoms with van der Waals surface area (Å²) in [7, 11) is 0. The summed E-state index contributed by atoms with van der Waals surface area (Å²) in [6.45, 7) is 5.41. The molecular weight excluding hydrogens is 401 g/mol. The highest BCUT2D eigenvalue weighted by atomic mass is 35.5. The molecule has 0 radical (unpaired) electrons. The number of fused-ring (bicyclic) bond motifs is 3. The Kier molecular flexibility index (Phi) is 4.39. The predicted molar refractivity (Wildman–Crippen MR) is 107 cm³/mol. The lowest BCUT2D eigenvalue weighted by molar-refractivity contribution is -0.136. The fourth-order valence-corrected chi connectivity index (χ4v) is 4.67. The molecule has 6 nitrogen and oxygen atoms in total. The number of amides is 2. The van der Waals surface area contributed by atoms with Crippen LogP contribution in [0.5, 0.6) is 0 Å². The number of Topliss-reactive ketones (excluding diaryl/α,β-unsaturated/α-hetero) is 1. The standard InChI is InChI=1S/C20H19Cl2N3O3/c1-20(2,3)17(26)16-15-14(13-5-4-8-23-25(13)16)18(27)24(19(15)28)12-7-6-10(21)9-11(12)22/h4-9,13-16H,1-3H3/t13-,14-,15-,16+/m1/s1. The molecule has 1 aromatic carbocycles. The van der Waals surface area contributed by atoms with E-state index < -0.39 is 35.2 Å². The van der Waals surface area contributed by atoms with Crippen LogP contribution in [0.4, 0.5) is 5.69 Å². The van der Waals surface area contributed by atoms with Gasteiger partial charge in [0.15, 0.2) is 5.78 Å². The number of ketones is 1. The van der Waals surface area contributed by atoms with Crippen LogP contribution in [0.1, 0.15) is 20.8 Å². The maximum Gasteiger partial charge on any atom is 0.240 e. The lowest BCUT2D eigenvalue weighted by Gasteiger charge is -2.33. The molecule has 2 saturated heterocycles. The first-order valence-electron chi connectivity index (χ1n) is 8.99. The van der Waals surface area contributed by atoms with Gasteiger partial charge < -0.3 is 0 Å². The number of hydrogen-bond donors (Lipinski definition) is 0. The van der Waals surface area contributed by atoms with Crippen molar-refractivity contribution >= 4 is 52.7 Å². The number of rotatable bonds is 2. The lowest BCUT2D eigenvalue weighted by Crippen LogP contribution is -2.49. The zero-order chi connectivity index (χ0) is 20.4. The van der Waals surface area contributed by atoms with Crippen molar-refractivity contribution in [3.05, 3.63) is 40.4 Å². The van der Waals surface area contributed by atoms with E-state index in [-0.39, 0.29) is 22.4 Å². The zero-order valence-corrected chi connectivity index (χ0v) is 17.1. The van der Waals surface area contributed by atoms with Gasteiger partial charge >= 0.3 is 0 Å². The average molecular weight is 420 g/mol. The van der Waals surface area contributed by atoms with Gasteiger partial charge in [-0.1, -0.05) is 50.0 Å². The molecule has 3 heterocycles. The fourth-order valence-electron chi connectivity index (χ4n) is 4.18. The normalized spacial score (nSPS) is 28.8. The number of hydrogen-bond acceptors (Lipinski definition) is 5. The Morgan fingerprint density at radius 2 is 1.79 bits per heavy atom. The molecular formula is C20H19Cl2N3O3. The smallest absolute Gasteiger partial charge is 0.240 e. The SMILES string of the molecule is CC(C)(C)C(=O)[C@@H]1[C@@H]2C(=O)N(c3ccc(Cl)cc3Cl)C(=O)[C@@H]2[C@H]2C=CC=NN21. The van der Waals surface area contributed by atoms with E-state index in [9.17, 15) is 14.4 Å². The Balaban J connectivity index is 1.81. The van der Waals surface area contributed by atoms with Crippen LogP contribution in [0.2, 0.25) is 10.0 Å². The summed E-state index contributed by atoms with van der Waals surface area (Å²) < 4.78 is 0.